The SMILES string of the molecule is C=CC(=O)N1CCN(c2nc(N3CC(N(C)C(C)C)C3)nc3c(F)c(-c4c(O)cccc4F)c(Cl)cc23)CC1C.CC.CC. The molecule has 2 aliphatic heterocycles. The molecule has 240 valence electrons. The number of carbonyl (C=O) groups excluding carboxylic acids is 1. The van der Waals surface area contributed by atoms with Crippen LogP contribution in [0.15, 0.2) is 36.9 Å². The summed E-state index contributed by atoms with van der Waals surface area (Å²) in [5.41, 5.74) is -0.586. The normalized spacial score (nSPS) is 16.8. The molecule has 44 heavy (non-hydrogen) atoms. The Balaban J connectivity index is 0.00000127. The van der Waals surface area contributed by atoms with E-state index >= 15 is 4.39 Å². The van der Waals surface area contributed by atoms with Gasteiger partial charge in [-0.2, -0.15) is 4.98 Å². The Labute approximate surface area is 264 Å². The molecular weight excluding hydrogens is 586 g/mol. The molecule has 0 aliphatic carbocycles. The molecule has 1 unspecified atom stereocenters. The Morgan fingerprint density at radius 2 is 1.75 bits per heavy atom. The second kappa shape index (κ2) is 15.0. The van der Waals surface area contributed by atoms with Crippen molar-refractivity contribution < 1.29 is 18.7 Å². The summed E-state index contributed by atoms with van der Waals surface area (Å²) < 4.78 is 31.1. The highest BCUT2D eigenvalue weighted by atomic mass is 35.5. The van der Waals surface area contributed by atoms with Crippen molar-refractivity contribution in [2.45, 2.75) is 66.6 Å². The lowest BCUT2D eigenvalue weighted by Gasteiger charge is -2.46. The smallest absolute Gasteiger partial charge is 0.246 e. The molecular formula is C33H45ClF2N6O2. The maximum Gasteiger partial charge on any atom is 0.246 e. The Kier molecular flexibility index (Phi) is 11.9. The Bertz CT molecular complexity index is 1460. The molecule has 0 bridgehead atoms. The number of rotatable bonds is 6. The number of aromatic hydroxyl groups is 1. The summed E-state index contributed by atoms with van der Waals surface area (Å²) in [6.07, 6.45) is 1.30. The number of nitrogens with zero attached hydrogens (tertiary/aromatic N) is 6. The number of halogens is 3. The van der Waals surface area contributed by atoms with Gasteiger partial charge in [0.15, 0.2) is 5.82 Å². The first-order chi connectivity index (χ1) is 21.0. The minimum Gasteiger partial charge on any atom is -0.507 e. The van der Waals surface area contributed by atoms with Crippen LogP contribution in [0, 0.1) is 11.6 Å². The molecule has 2 aromatic carbocycles. The molecule has 1 N–H and O–H groups in total. The van der Waals surface area contributed by atoms with Gasteiger partial charge in [0.1, 0.15) is 22.9 Å². The molecule has 5 rings (SSSR count). The van der Waals surface area contributed by atoms with Gasteiger partial charge < -0.3 is 19.8 Å². The number of carbonyl (C=O) groups is 1. The van der Waals surface area contributed by atoms with E-state index in [1.165, 1.54) is 24.3 Å². The lowest BCUT2D eigenvalue weighted by molar-refractivity contribution is -0.128. The number of aromatic nitrogens is 2. The summed E-state index contributed by atoms with van der Waals surface area (Å²) in [6.45, 7) is 20.5. The van der Waals surface area contributed by atoms with Crippen molar-refractivity contribution in [3.63, 3.8) is 0 Å². The third kappa shape index (κ3) is 6.76. The molecule has 1 atom stereocenters. The molecule has 1 amide bonds. The van der Waals surface area contributed by atoms with Crippen molar-refractivity contribution in [1.82, 2.24) is 19.8 Å². The summed E-state index contributed by atoms with van der Waals surface area (Å²) in [6, 6.07) is 5.82. The first-order valence-electron chi connectivity index (χ1n) is 15.3. The molecule has 0 saturated carbocycles. The summed E-state index contributed by atoms with van der Waals surface area (Å²) in [5, 5.41) is 10.7. The zero-order chi connectivity index (χ0) is 32.9. The Morgan fingerprint density at radius 1 is 1.09 bits per heavy atom. The van der Waals surface area contributed by atoms with Crippen LogP contribution < -0.4 is 9.80 Å². The first kappa shape index (κ1) is 35.0. The van der Waals surface area contributed by atoms with E-state index in [0.29, 0.717) is 62.0 Å². The number of anilines is 2. The summed E-state index contributed by atoms with van der Waals surface area (Å²) in [7, 11) is 2.07. The van der Waals surface area contributed by atoms with Gasteiger partial charge in [0.2, 0.25) is 11.9 Å². The summed E-state index contributed by atoms with van der Waals surface area (Å²) in [5.74, 6) is -1.36. The fourth-order valence-electron chi connectivity index (χ4n) is 5.43. The van der Waals surface area contributed by atoms with Crippen LogP contribution in [0.3, 0.4) is 0 Å². The number of phenols is 1. The van der Waals surface area contributed by atoms with Crippen LogP contribution in [0.5, 0.6) is 5.75 Å². The lowest BCUT2D eigenvalue weighted by atomic mass is 10.0. The molecule has 3 aromatic rings. The highest BCUT2D eigenvalue weighted by Gasteiger charge is 2.35. The van der Waals surface area contributed by atoms with Gasteiger partial charge in [-0.1, -0.05) is 51.9 Å². The maximum atomic E-state index is 16.3. The van der Waals surface area contributed by atoms with E-state index in [2.05, 4.69) is 37.4 Å². The summed E-state index contributed by atoms with van der Waals surface area (Å²) in [4.78, 5) is 29.8. The van der Waals surface area contributed by atoms with Crippen LogP contribution in [0.25, 0.3) is 22.0 Å². The molecule has 2 fully saturated rings. The zero-order valence-corrected chi connectivity index (χ0v) is 27.8. The van der Waals surface area contributed by atoms with E-state index in [1.807, 2.05) is 44.4 Å². The van der Waals surface area contributed by atoms with E-state index in [9.17, 15) is 14.3 Å². The minimum atomic E-state index is -0.835. The van der Waals surface area contributed by atoms with Crippen LogP contribution in [0.4, 0.5) is 20.5 Å². The molecule has 0 radical (unpaired) electrons. The van der Waals surface area contributed by atoms with Crippen LogP contribution in [0.2, 0.25) is 5.02 Å². The average molecular weight is 631 g/mol. The highest BCUT2D eigenvalue weighted by Crippen LogP contribution is 2.43. The fraction of sp³-hybridized carbons (Fsp3) is 0.485. The first-order valence-corrected chi connectivity index (χ1v) is 15.7. The highest BCUT2D eigenvalue weighted by molar-refractivity contribution is 6.34. The monoisotopic (exact) mass is 630 g/mol. The van der Waals surface area contributed by atoms with E-state index in [4.69, 9.17) is 16.6 Å². The zero-order valence-electron chi connectivity index (χ0n) is 27.0. The lowest BCUT2D eigenvalue weighted by Crippen LogP contribution is -2.60. The van der Waals surface area contributed by atoms with Gasteiger partial charge in [0.25, 0.3) is 0 Å². The summed E-state index contributed by atoms with van der Waals surface area (Å²) >= 11 is 6.56. The Hall–Kier alpha value is -3.50. The molecule has 11 heteroatoms. The van der Waals surface area contributed by atoms with Crippen molar-refractivity contribution in [3.8, 4) is 16.9 Å². The number of piperazine rings is 1. The quantitative estimate of drug-likeness (QED) is 0.302. The third-order valence-corrected chi connectivity index (χ3v) is 8.31. The number of fused-ring (bicyclic) bond motifs is 1. The van der Waals surface area contributed by atoms with Gasteiger partial charge in [-0.25, -0.2) is 13.8 Å². The molecule has 8 nitrogen and oxygen atoms in total. The number of hydrogen-bond acceptors (Lipinski definition) is 7. The van der Waals surface area contributed by atoms with Crippen LogP contribution in [-0.2, 0) is 4.79 Å². The van der Waals surface area contributed by atoms with Gasteiger partial charge in [-0.3, -0.25) is 9.69 Å². The number of likely N-dealkylation sites (N-methyl/N-ethyl adjacent to an activating group) is 1. The maximum absolute atomic E-state index is 16.3. The number of phenolic OH excluding ortho intramolecular Hbond substituents is 1. The van der Waals surface area contributed by atoms with Gasteiger partial charge in [0, 0.05) is 61.8 Å². The molecule has 1 aromatic heterocycles. The topological polar surface area (TPSA) is 76.0 Å². The van der Waals surface area contributed by atoms with E-state index in [1.54, 1.807) is 4.90 Å². The number of hydrogen-bond donors (Lipinski definition) is 1. The second-order valence-electron chi connectivity index (χ2n) is 10.8. The minimum absolute atomic E-state index is 0.0139. The Morgan fingerprint density at radius 3 is 2.32 bits per heavy atom. The second-order valence-corrected chi connectivity index (χ2v) is 11.2. The van der Waals surface area contributed by atoms with Gasteiger partial charge in [-0.05, 0) is 52.1 Å². The van der Waals surface area contributed by atoms with Crippen molar-refractivity contribution >= 4 is 40.2 Å². The van der Waals surface area contributed by atoms with Crippen molar-refractivity contribution in [3.05, 3.63) is 53.6 Å². The molecule has 3 heterocycles. The van der Waals surface area contributed by atoms with Gasteiger partial charge in [-0.15, -0.1) is 0 Å². The standard InChI is InChI=1S/C29H33ClF2N6O2.2C2H6/c1-6-23(40)38-11-10-36(13-17(38)4)28-19-12-20(30)24(25-21(31)8-7-9-22(25)39)26(32)27(19)33-29(34-28)37-14-18(15-37)35(5)16(2)3;2*1-2/h6-9,12,16-18,39H,1,10-11,13-15H2,2-5H3;2*1-2H3. The van der Waals surface area contributed by atoms with Crippen LogP contribution in [-0.4, -0.2) is 88.7 Å². The van der Waals surface area contributed by atoms with Crippen molar-refractivity contribution in [2.24, 2.45) is 0 Å². The van der Waals surface area contributed by atoms with Gasteiger partial charge in [0.05, 0.1) is 10.6 Å². The average Bonchev–Trinajstić information content (AvgIpc) is 2.99. The van der Waals surface area contributed by atoms with E-state index < -0.39 is 17.4 Å². The fourth-order valence-corrected chi connectivity index (χ4v) is 5.72. The predicted octanol–water partition coefficient (Wildman–Crippen LogP) is 6.74. The van der Waals surface area contributed by atoms with Crippen LogP contribution in [0.1, 0.15) is 48.5 Å². The predicted molar refractivity (Wildman–Crippen MR) is 177 cm³/mol. The number of amides is 1. The van der Waals surface area contributed by atoms with Crippen LogP contribution >= 0.6 is 11.6 Å². The largest absolute Gasteiger partial charge is 0.507 e. The molecule has 0 spiro atoms. The van der Waals surface area contributed by atoms with E-state index in [-0.39, 0.29) is 33.6 Å². The molecule has 2 saturated heterocycles. The number of benzene rings is 2. The van der Waals surface area contributed by atoms with E-state index in [0.717, 1.165) is 6.07 Å². The van der Waals surface area contributed by atoms with Crippen molar-refractivity contribution in [2.75, 3.05) is 49.6 Å². The molecule has 2 aliphatic rings. The van der Waals surface area contributed by atoms with Crippen molar-refractivity contribution in [1.29, 1.82) is 0 Å². The third-order valence-electron chi connectivity index (χ3n) is 8.01. The van der Waals surface area contributed by atoms with Gasteiger partial charge >= 0.3 is 0 Å².